The Bertz CT molecular complexity index is 97.4. The first kappa shape index (κ1) is 8.02. The SMILES string of the molecule is CC(C)N(O)C1CCCC1. The van der Waals surface area contributed by atoms with Crippen LogP contribution in [-0.4, -0.2) is 22.4 Å². The van der Waals surface area contributed by atoms with E-state index < -0.39 is 0 Å². The van der Waals surface area contributed by atoms with Gasteiger partial charge in [0.05, 0.1) is 0 Å². The lowest BCUT2D eigenvalue weighted by Crippen LogP contribution is -2.35. The van der Waals surface area contributed by atoms with Gasteiger partial charge in [-0.1, -0.05) is 12.8 Å². The Hall–Kier alpha value is -0.0800. The van der Waals surface area contributed by atoms with Crippen molar-refractivity contribution in [2.45, 2.75) is 51.6 Å². The lowest BCUT2D eigenvalue weighted by atomic mass is 10.2. The van der Waals surface area contributed by atoms with Crippen LogP contribution in [0.4, 0.5) is 0 Å². The lowest BCUT2D eigenvalue weighted by Gasteiger charge is -2.25. The average molecular weight is 143 g/mol. The van der Waals surface area contributed by atoms with E-state index >= 15 is 0 Å². The number of nitrogens with zero attached hydrogens (tertiary/aromatic N) is 1. The van der Waals surface area contributed by atoms with Gasteiger partial charge in [0.2, 0.25) is 0 Å². The summed E-state index contributed by atoms with van der Waals surface area (Å²) in [6.07, 6.45) is 4.92. The molecule has 1 saturated carbocycles. The van der Waals surface area contributed by atoms with Crippen LogP contribution < -0.4 is 0 Å². The molecule has 2 heteroatoms. The standard InChI is InChI=1S/C8H17NO/c1-7(2)9(10)8-5-3-4-6-8/h7-8,10H,3-6H2,1-2H3. The Morgan fingerprint density at radius 2 is 1.80 bits per heavy atom. The highest BCUT2D eigenvalue weighted by Crippen LogP contribution is 2.23. The molecule has 0 aromatic rings. The minimum absolute atomic E-state index is 0.281. The molecule has 0 aromatic carbocycles. The van der Waals surface area contributed by atoms with E-state index in [-0.39, 0.29) is 6.04 Å². The molecule has 0 atom stereocenters. The summed E-state index contributed by atoms with van der Waals surface area (Å²) in [5.41, 5.74) is 0. The normalized spacial score (nSPS) is 21.3. The first-order chi connectivity index (χ1) is 4.72. The summed E-state index contributed by atoms with van der Waals surface area (Å²) in [4.78, 5) is 0. The molecular formula is C8H17NO. The minimum Gasteiger partial charge on any atom is -0.313 e. The summed E-state index contributed by atoms with van der Waals surface area (Å²) in [5.74, 6) is 0. The van der Waals surface area contributed by atoms with Crippen LogP contribution in [0.3, 0.4) is 0 Å². The van der Waals surface area contributed by atoms with Gasteiger partial charge in [0, 0.05) is 12.1 Å². The molecule has 0 aliphatic heterocycles. The molecule has 1 rings (SSSR count). The van der Waals surface area contributed by atoms with Crippen molar-refractivity contribution in [1.29, 1.82) is 0 Å². The molecule has 0 spiro atoms. The molecule has 0 unspecified atom stereocenters. The summed E-state index contributed by atoms with van der Waals surface area (Å²) in [6.45, 7) is 4.05. The van der Waals surface area contributed by atoms with Crippen LogP contribution in [0, 0.1) is 0 Å². The van der Waals surface area contributed by atoms with Crippen molar-refractivity contribution in [2.75, 3.05) is 0 Å². The molecule has 0 amide bonds. The number of hydrogen-bond donors (Lipinski definition) is 1. The van der Waals surface area contributed by atoms with E-state index in [0.717, 1.165) is 0 Å². The van der Waals surface area contributed by atoms with Crippen LogP contribution in [0.1, 0.15) is 39.5 Å². The van der Waals surface area contributed by atoms with E-state index in [9.17, 15) is 5.21 Å². The van der Waals surface area contributed by atoms with Gasteiger partial charge >= 0.3 is 0 Å². The molecule has 0 radical (unpaired) electrons. The molecule has 10 heavy (non-hydrogen) atoms. The molecule has 0 heterocycles. The van der Waals surface area contributed by atoms with Crippen LogP contribution in [-0.2, 0) is 0 Å². The third-order valence-corrected chi connectivity index (χ3v) is 2.23. The van der Waals surface area contributed by atoms with Gasteiger partial charge in [-0.15, -0.1) is 0 Å². The zero-order valence-electron chi connectivity index (χ0n) is 6.88. The third-order valence-electron chi connectivity index (χ3n) is 2.23. The summed E-state index contributed by atoms with van der Waals surface area (Å²) in [7, 11) is 0. The van der Waals surface area contributed by atoms with Crippen molar-refractivity contribution in [3.8, 4) is 0 Å². The van der Waals surface area contributed by atoms with E-state index in [4.69, 9.17) is 0 Å². The molecular weight excluding hydrogens is 126 g/mol. The maximum Gasteiger partial charge on any atom is 0.0353 e. The van der Waals surface area contributed by atoms with Crippen LogP contribution >= 0.6 is 0 Å². The largest absolute Gasteiger partial charge is 0.313 e. The van der Waals surface area contributed by atoms with Gasteiger partial charge in [-0.05, 0) is 26.7 Å². The fourth-order valence-electron chi connectivity index (χ4n) is 1.59. The van der Waals surface area contributed by atoms with Crippen molar-refractivity contribution < 1.29 is 5.21 Å². The number of rotatable bonds is 2. The zero-order valence-corrected chi connectivity index (χ0v) is 6.88. The van der Waals surface area contributed by atoms with Crippen molar-refractivity contribution in [3.63, 3.8) is 0 Å². The Labute approximate surface area is 62.8 Å². The van der Waals surface area contributed by atoms with Crippen molar-refractivity contribution in [1.82, 2.24) is 5.06 Å². The Morgan fingerprint density at radius 1 is 1.30 bits per heavy atom. The highest BCUT2D eigenvalue weighted by molar-refractivity contribution is 4.73. The highest BCUT2D eigenvalue weighted by atomic mass is 16.5. The van der Waals surface area contributed by atoms with Gasteiger partial charge in [-0.25, -0.2) is 0 Å². The highest BCUT2D eigenvalue weighted by Gasteiger charge is 2.22. The van der Waals surface area contributed by atoms with E-state index in [1.165, 1.54) is 30.7 Å². The Balaban J connectivity index is 2.32. The fourth-order valence-corrected chi connectivity index (χ4v) is 1.59. The average Bonchev–Trinajstić information content (AvgIpc) is 2.36. The minimum atomic E-state index is 0.281. The monoisotopic (exact) mass is 143 g/mol. The molecule has 2 nitrogen and oxygen atoms in total. The fraction of sp³-hybridized carbons (Fsp3) is 1.00. The second-order valence-electron chi connectivity index (χ2n) is 3.41. The first-order valence-corrected chi connectivity index (χ1v) is 4.19. The maximum atomic E-state index is 9.46. The van der Waals surface area contributed by atoms with Gasteiger partial charge in [0.1, 0.15) is 0 Å². The number of hydroxylamine groups is 2. The molecule has 0 bridgehead atoms. The number of hydrogen-bond acceptors (Lipinski definition) is 2. The smallest absolute Gasteiger partial charge is 0.0353 e. The second kappa shape index (κ2) is 3.35. The Kier molecular flexibility index (Phi) is 2.69. The molecule has 0 aromatic heterocycles. The van der Waals surface area contributed by atoms with Gasteiger partial charge in [0.25, 0.3) is 0 Å². The molecule has 1 aliphatic carbocycles. The predicted molar refractivity (Wildman–Crippen MR) is 41.0 cm³/mol. The quantitative estimate of drug-likeness (QED) is 0.598. The van der Waals surface area contributed by atoms with Crippen LogP contribution in [0.5, 0.6) is 0 Å². The summed E-state index contributed by atoms with van der Waals surface area (Å²) in [5, 5.41) is 11.0. The van der Waals surface area contributed by atoms with Gasteiger partial charge < -0.3 is 5.21 Å². The predicted octanol–water partition coefficient (Wildman–Crippen LogP) is 2.03. The summed E-state index contributed by atoms with van der Waals surface area (Å²) >= 11 is 0. The summed E-state index contributed by atoms with van der Waals surface area (Å²) < 4.78 is 0. The molecule has 1 aliphatic rings. The molecule has 0 saturated heterocycles. The van der Waals surface area contributed by atoms with E-state index in [1.807, 2.05) is 13.8 Å². The molecule has 1 fully saturated rings. The van der Waals surface area contributed by atoms with Gasteiger partial charge in [-0.2, -0.15) is 5.06 Å². The van der Waals surface area contributed by atoms with Gasteiger partial charge in [0.15, 0.2) is 0 Å². The third kappa shape index (κ3) is 1.70. The summed E-state index contributed by atoms with van der Waals surface area (Å²) in [6, 6.07) is 0.725. The molecule has 60 valence electrons. The second-order valence-corrected chi connectivity index (χ2v) is 3.41. The van der Waals surface area contributed by atoms with Crippen LogP contribution in [0.25, 0.3) is 0 Å². The zero-order chi connectivity index (χ0) is 7.56. The van der Waals surface area contributed by atoms with Crippen molar-refractivity contribution in [3.05, 3.63) is 0 Å². The topological polar surface area (TPSA) is 23.5 Å². The van der Waals surface area contributed by atoms with E-state index in [0.29, 0.717) is 6.04 Å². The van der Waals surface area contributed by atoms with E-state index in [2.05, 4.69) is 0 Å². The van der Waals surface area contributed by atoms with Crippen molar-refractivity contribution >= 4 is 0 Å². The lowest BCUT2D eigenvalue weighted by molar-refractivity contribution is -0.148. The molecule has 1 N–H and O–H groups in total. The first-order valence-electron chi connectivity index (χ1n) is 4.19. The maximum absolute atomic E-state index is 9.46. The van der Waals surface area contributed by atoms with Crippen LogP contribution in [0.15, 0.2) is 0 Å². The van der Waals surface area contributed by atoms with E-state index in [1.54, 1.807) is 0 Å². The van der Waals surface area contributed by atoms with Gasteiger partial charge in [-0.3, -0.25) is 0 Å². The van der Waals surface area contributed by atoms with Crippen molar-refractivity contribution in [2.24, 2.45) is 0 Å². The Morgan fingerprint density at radius 3 is 2.20 bits per heavy atom. The van der Waals surface area contributed by atoms with Crippen LogP contribution in [0.2, 0.25) is 0 Å².